The van der Waals surface area contributed by atoms with Crippen LogP contribution < -0.4 is 4.74 Å². The Morgan fingerprint density at radius 1 is 1.38 bits per heavy atom. The molecule has 1 saturated heterocycles. The lowest BCUT2D eigenvalue weighted by molar-refractivity contribution is -0.131. The number of rotatable bonds is 6. The maximum Gasteiger partial charge on any atom is 0.226 e. The summed E-state index contributed by atoms with van der Waals surface area (Å²) < 4.78 is 7.35. The summed E-state index contributed by atoms with van der Waals surface area (Å²) in [6.07, 6.45) is 3.82. The van der Waals surface area contributed by atoms with Crippen molar-refractivity contribution in [2.75, 3.05) is 19.7 Å². The summed E-state index contributed by atoms with van der Waals surface area (Å²) in [7, 11) is 0. The van der Waals surface area contributed by atoms with E-state index in [2.05, 4.69) is 17.2 Å². The Morgan fingerprint density at radius 2 is 2.21 bits per heavy atom. The minimum atomic E-state index is -0.627. The van der Waals surface area contributed by atoms with E-state index in [1.165, 1.54) is 0 Å². The molecule has 0 aliphatic carbocycles. The largest absolute Gasteiger partial charge is 0.493 e. The van der Waals surface area contributed by atoms with Crippen LogP contribution in [0.3, 0.4) is 0 Å². The van der Waals surface area contributed by atoms with Crippen LogP contribution in [-0.4, -0.2) is 56.7 Å². The van der Waals surface area contributed by atoms with Crippen molar-refractivity contribution in [3.63, 3.8) is 0 Å². The molecule has 1 aromatic heterocycles. The first-order valence-electron chi connectivity index (χ1n) is 8.21. The number of aliphatic hydroxyl groups is 1. The van der Waals surface area contributed by atoms with Crippen LogP contribution in [0.2, 0.25) is 0 Å². The van der Waals surface area contributed by atoms with Crippen molar-refractivity contribution in [1.82, 2.24) is 19.9 Å². The van der Waals surface area contributed by atoms with Gasteiger partial charge < -0.3 is 14.7 Å². The third kappa shape index (κ3) is 3.56. The van der Waals surface area contributed by atoms with Gasteiger partial charge in [-0.1, -0.05) is 30.3 Å². The van der Waals surface area contributed by atoms with Crippen LogP contribution in [-0.2, 0) is 11.2 Å². The number of para-hydroxylation sites is 1. The molecule has 2 aromatic rings. The zero-order valence-corrected chi connectivity index (χ0v) is 13.7. The van der Waals surface area contributed by atoms with E-state index in [1.54, 1.807) is 22.0 Å². The van der Waals surface area contributed by atoms with Gasteiger partial charge in [-0.05, 0) is 18.1 Å². The number of aromatic nitrogens is 3. The highest BCUT2D eigenvalue weighted by Crippen LogP contribution is 2.22. The van der Waals surface area contributed by atoms with E-state index in [1.807, 2.05) is 24.3 Å². The van der Waals surface area contributed by atoms with Gasteiger partial charge in [-0.2, -0.15) is 0 Å². The lowest BCUT2D eigenvalue weighted by Gasteiger charge is -2.16. The summed E-state index contributed by atoms with van der Waals surface area (Å²) in [5.41, 5.74) is 1.13. The summed E-state index contributed by atoms with van der Waals surface area (Å²) in [6, 6.07) is 7.61. The van der Waals surface area contributed by atoms with Gasteiger partial charge >= 0.3 is 0 Å². The number of ether oxygens (including phenoxy) is 1. The third-order valence-corrected chi connectivity index (χ3v) is 4.32. The molecule has 7 nitrogen and oxygen atoms in total. The molecule has 2 heterocycles. The molecule has 1 aliphatic heterocycles. The minimum absolute atomic E-state index is 0.0226. The topological polar surface area (TPSA) is 80.5 Å². The standard InChI is InChI=1S/C17H22N4O3/c1-2-13-5-3-4-6-16(13)24-10-7-17(23)20-11-14(15(22)12-20)21-9-8-18-19-21/h3-6,8-9,14-15,22H,2,7,10-12H2,1H3/t14-,15-/m1/s1. The van der Waals surface area contributed by atoms with E-state index in [-0.39, 0.29) is 18.4 Å². The van der Waals surface area contributed by atoms with Gasteiger partial charge in [0, 0.05) is 19.3 Å². The van der Waals surface area contributed by atoms with Gasteiger partial charge in [0.15, 0.2) is 0 Å². The van der Waals surface area contributed by atoms with E-state index < -0.39 is 6.10 Å². The van der Waals surface area contributed by atoms with E-state index in [0.29, 0.717) is 19.7 Å². The molecule has 1 fully saturated rings. The second-order valence-corrected chi connectivity index (χ2v) is 5.88. The van der Waals surface area contributed by atoms with E-state index in [9.17, 15) is 9.90 Å². The molecule has 7 heteroatoms. The SMILES string of the molecule is CCc1ccccc1OCCC(=O)N1C[C@@H](O)[C@H](n2ccnn2)C1. The number of nitrogens with zero attached hydrogens (tertiary/aromatic N) is 4. The smallest absolute Gasteiger partial charge is 0.226 e. The molecule has 3 rings (SSSR count). The molecule has 1 N–H and O–H groups in total. The monoisotopic (exact) mass is 330 g/mol. The first kappa shape index (κ1) is 16.4. The van der Waals surface area contributed by atoms with Gasteiger partial charge in [0.05, 0.1) is 31.4 Å². The fraction of sp³-hybridized carbons (Fsp3) is 0.471. The van der Waals surface area contributed by atoms with E-state index in [0.717, 1.165) is 17.7 Å². The van der Waals surface area contributed by atoms with Crippen molar-refractivity contribution >= 4 is 5.91 Å². The highest BCUT2D eigenvalue weighted by Gasteiger charge is 2.35. The molecule has 1 aliphatic rings. The van der Waals surface area contributed by atoms with Crippen molar-refractivity contribution in [3.8, 4) is 5.75 Å². The predicted molar refractivity (Wildman–Crippen MR) is 87.6 cm³/mol. The average Bonchev–Trinajstić information content (AvgIpc) is 3.24. The second-order valence-electron chi connectivity index (χ2n) is 5.88. The molecule has 24 heavy (non-hydrogen) atoms. The van der Waals surface area contributed by atoms with Crippen LogP contribution in [0, 0.1) is 0 Å². The van der Waals surface area contributed by atoms with E-state index >= 15 is 0 Å². The fourth-order valence-corrected chi connectivity index (χ4v) is 2.97. The van der Waals surface area contributed by atoms with Crippen LogP contribution in [0.25, 0.3) is 0 Å². The highest BCUT2D eigenvalue weighted by molar-refractivity contribution is 5.76. The molecule has 1 aromatic carbocycles. The second kappa shape index (κ2) is 7.44. The molecule has 1 amide bonds. The molecule has 0 spiro atoms. The molecule has 2 atom stereocenters. The zero-order valence-electron chi connectivity index (χ0n) is 13.7. The molecular weight excluding hydrogens is 308 g/mol. The number of benzene rings is 1. The van der Waals surface area contributed by atoms with Crippen LogP contribution in [0.5, 0.6) is 5.75 Å². The van der Waals surface area contributed by atoms with Gasteiger partial charge in [-0.3, -0.25) is 4.79 Å². The van der Waals surface area contributed by atoms with Crippen LogP contribution in [0.15, 0.2) is 36.7 Å². The fourth-order valence-electron chi connectivity index (χ4n) is 2.97. The lowest BCUT2D eigenvalue weighted by Crippen LogP contribution is -2.30. The number of carbonyl (C=O) groups excluding carboxylic acids is 1. The van der Waals surface area contributed by atoms with Crippen LogP contribution in [0.4, 0.5) is 0 Å². The van der Waals surface area contributed by atoms with Gasteiger partial charge in [-0.15, -0.1) is 5.10 Å². The summed E-state index contributed by atoms with van der Waals surface area (Å²) in [4.78, 5) is 14.0. The first-order chi connectivity index (χ1) is 11.7. The Bertz CT molecular complexity index is 674. The molecule has 0 radical (unpaired) electrons. The number of aryl methyl sites for hydroxylation is 1. The van der Waals surface area contributed by atoms with Gasteiger partial charge in [0.2, 0.25) is 5.91 Å². The number of likely N-dealkylation sites (tertiary alicyclic amines) is 1. The average molecular weight is 330 g/mol. The normalized spacial score (nSPS) is 20.3. The van der Waals surface area contributed by atoms with Gasteiger partial charge in [-0.25, -0.2) is 4.68 Å². The quantitative estimate of drug-likeness (QED) is 0.856. The van der Waals surface area contributed by atoms with Gasteiger partial charge in [0.1, 0.15) is 5.75 Å². The van der Waals surface area contributed by atoms with Crippen molar-refractivity contribution < 1.29 is 14.6 Å². The number of amides is 1. The lowest BCUT2D eigenvalue weighted by atomic mass is 10.1. The molecule has 128 valence electrons. The molecular formula is C17H22N4O3. The van der Waals surface area contributed by atoms with Crippen molar-refractivity contribution in [1.29, 1.82) is 0 Å². The summed E-state index contributed by atoms with van der Waals surface area (Å²) in [6.45, 7) is 3.16. The Kier molecular flexibility index (Phi) is 5.10. The Morgan fingerprint density at radius 3 is 2.96 bits per heavy atom. The van der Waals surface area contributed by atoms with Crippen LogP contribution >= 0.6 is 0 Å². The maximum atomic E-state index is 12.3. The maximum absolute atomic E-state index is 12.3. The van der Waals surface area contributed by atoms with Crippen LogP contribution in [0.1, 0.15) is 24.9 Å². The third-order valence-electron chi connectivity index (χ3n) is 4.32. The first-order valence-corrected chi connectivity index (χ1v) is 8.21. The summed E-state index contributed by atoms with van der Waals surface area (Å²) in [5.74, 6) is 0.806. The van der Waals surface area contributed by atoms with Gasteiger partial charge in [0.25, 0.3) is 0 Å². The summed E-state index contributed by atoms with van der Waals surface area (Å²) in [5, 5.41) is 17.8. The minimum Gasteiger partial charge on any atom is -0.493 e. The Labute approximate surface area is 140 Å². The van der Waals surface area contributed by atoms with Crippen molar-refractivity contribution in [2.45, 2.75) is 31.9 Å². The molecule has 0 unspecified atom stereocenters. The number of β-amino-alcohol motifs (C(OH)–C–C–N with tert-alkyl or cyclic N) is 1. The Hall–Kier alpha value is -2.41. The summed E-state index contributed by atoms with van der Waals surface area (Å²) >= 11 is 0. The zero-order chi connectivity index (χ0) is 16.9. The van der Waals surface area contributed by atoms with E-state index in [4.69, 9.17) is 4.74 Å². The van der Waals surface area contributed by atoms with Crippen molar-refractivity contribution in [2.24, 2.45) is 0 Å². The number of hydrogen-bond acceptors (Lipinski definition) is 5. The number of hydrogen-bond donors (Lipinski definition) is 1. The predicted octanol–water partition coefficient (Wildman–Crippen LogP) is 1.05. The molecule has 0 bridgehead atoms. The molecule has 0 saturated carbocycles. The Balaban J connectivity index is 1.51. The number of carbonyl (C=O) groups is 1. The number of aliphatic hydroxyl groups excluding tert-OH is 1. The van der Waals surface area contributed by atoms with Crippen molar-refractivity contribution in [3.05, 3.63) is 42.2 Å². The highest BCUT2D eigenvalue weighted by atomic mass is 16.5.